The number of ether oxygens (including phenoxy) is 3. The minimum absolute atomic E-state index is 0.00399. The van der Waals surface area contributed by atoms with Crippen LogP contribution in [0, 0.1) is 6.92 Å². The van der Waals surface area contributed by atoms with Gasteiger partial charge in [0.2, 0.25) is 5.75 Å². The van der Waals surface area contributed by atoms with E-state index in [1.807, 2.05) is 31.2 Å². The zero-order valence-electron chi connectivity index (χ0n) is 17.6. The fourth-order valence-electron chi connectivity index (χ4n) is 3.01. The minimum atomic E-state index is -0.655. The van der Waals surface area contributed by atoms with Crippen molar-refractivity contribution in [1.82, 2.24) is 0 Å². The number of aryl methyl sites for hydroxylation is 1. The molecule has 3 rings (SSSR count). The molecule has 0 saturated heterocycles. The summed E-state index contributed by atoms with van der Waals surface area (Å²) in [7, 11) is 2.89. The molecule has 0 unspecified atom stereocenters. The summed E-state index contributed by atoms with van der Waals surface area (Å²) in [5.74, 6) is -0.460. The molecule has 162 valence electrons. The van der Waals surface area contributed by atoms with E-state index in [9.17, 15) is 15.0 Å². The second-order valence-electron chi connectivity index (χ2n) is 6.59. The summed E-state index contributed by atoms with van der Waals surface area (Å²) >= 11 is 1.14. The monoisotopic (exact) mass is 441 g/mol. The highest BCUT2D eigenvalue weighted by Gasteiger charge is 2.33. The number of hydrogen-bond donors (Lipinski definition) is 2. The molecule has 31 heavy (non-hydrogen) atoms. The Kier molecular flexibility index (Phi) is 6.91. The number of hydrogen-bond acceptors (Lipinski definition) is 8. The van der Waals surface area contributed by atoms with E-state index < -0.39 is 5.97 Å². The van der Waals surface area contributed by atoms with Crippen molar-refractivity contribution < 1.29 is 29.2 Å². The van der Waals surface area contributed by atoms with E-state index in [0.717, 1.165) is 17.3 Å². The zero-order chi connectivity index (χ0) is 22.5. The molecule has 7 nitrogen and oxygen atoms in total. The maximum atomic E-state index is 12.5. The maximum Gasteiger partial charge on any atom is 0.344 e. The van der Waals surface area contributed by atoms with Gasteiger partial charge in [-0.05, 0) is 55.3 Å². The Bertz CT molecular complexity index is 1100. The van der Waals surface area contributed by atoms with Crippen LogP contribution in [-0.2, 0) is 9.53 Å². The number of carbonyl (C=O) groups is 1. The van der Waals surface area contributed by atoms with Crippen LogP contribution in [-0.4, -0.2) is 42.1 Å². The standard InChI is InChI=1S/C23H23NO6S/c1-5-30-23(27)19-20(26)18(31-22(19)24-15-8-6-7-13(2)9-15)12-14-10-16(25)21(29-4)17(11-14)28-3/h6-12,25-26H,5H2,1-4H3/b18-12+,24-22?. The van der Waals surface area contributed by atoms with E-state index >= 15 is 0 Å². The molecule has 1 heterocycles. The van der Waals surface area contributed by atoms with Crippen LogP contribution in [0.2, 0.25) is 0 Å². The molecule has 0 bridgehead atoms. The third kappa shape index (κ3) is 4.86. The van der Waals surface area contributed by atoms with E-state index in [0.29, 0.717) is 26.9 Å². The number of aliphatic imine (C=N–C) groups is 1. The van der Waals surface area contributed by atoms with Gasteiger partial charge in [-0.2, -0.15) is 0 Å². The molecule has 0 fully saturated rings. The van der Waals surface area contributed by atoms with Gasteiger partial charge in [0.25, 0.3) is 0 Å². The van der Waals surface area contributed by atoms with Crippen molar-refractivity contribution in [2.45, 2.75) is 13.8 Å². The van der Waals surface area contributed by atoms with E-state index in [4.69, 9.17) is 14.2 Å². The molecule has 0 saturated carbocycles. The first kappa shape index (κ1) is 22.3. The van der Waals surface area contributed by atoms with Crippen LogP contribution < -0.4 is 9.47 Å². The Balaban J connectivity index is 2.08. The SMILES string of the molecule is CCOC(=O)C1=C(O)/C(=C\c2cc(O)c(OC)c(OC)c2)SC1=Nc1cccc(C)c1. The molecular formula is C23H23NO6S. The lowest BCUT2D eigenvalue weighted by molar-refractivity contribution is -0.138. The number of thioether (sulfide) groups is 1. The number of methoxy groups -OCH3 is 2. The lowest BCUT2D eigenvalue weighted by Gasteiger charge is -2.10. The van der Waals surface area contributed by atoms with Gasteiger partial charge in [-0.1, -0.05) is 23.9 Å². The van der Waals surface area contributed by atoms with Gasteiger partial charge in [0.1, 0.15) is 16.4 Å². The molecule has 2 N–H and O–H groups in total. The molecule has 1 aliphatic rings. The summed E-state index contributed by atoms with van der Waals surface area (Å²) in [5, 5.41) is 21.3. The number of aliphatic hydroxyl groups excluding tert-OH is 1. The van der Waals surface area contributed by atoms with Gasteiger partial charge in [0.05, 0.1) is 31.4 Å². The second kappa shape index (κ2) is 9.61. The molecule has 0 atom stereocenters. The van der Waals surface area contributed by atoms with Crippen LogP contribution in [0.5, 0.6) is 17.2 Å². The molecule has 0 amide bonds. The third-order valence-corrected chi connectivity index (χ3v) is 5.40. The smallest absolute Gasteiger partial charge is 0.344 e. The number of esters is 1. The first-order chi connectivity index (χ1) is 14.9. The van der Waals surface area contributed by atoms with Crippen LogP contribution in [0.15, 0.2) is 57.6 Å². The number of nitrogens with zero attached hydrogens (tertiary/aromatic N) is 1. The van der Waals surface area contributed by atoms with Crippen molar-refractivity contribution in [1.29, 1.82) is 0 Å². The molecule has 1 aliphatic heterocycles. The molecule has 8 heteroatoms. The van der Waals surface area contributed by atoms with Crippen LogP contribution in [0.3, 0.4) is 0 Å². The zero-order valence-corrected chi connectivity index (χ0v) is 18.4. The molecule has 0 spiro atoms. The molecule has 0 aliphatic carbocycles. The third-order valence-electron chi connectivity index (χ3n) is 4.38. The second-order valence-corrected chi connectivity index (χ2v) is 7.62. The number of aliphatic hydroxyl groups is 1. The number of phenols is 1. The van der Waals surface area contributed by atoms with E-state index in [2.05, 4.69) is 4.99 Å². The normalized spacial score (nSPS) is 16.1. The van der Waals surface area contributed by atoms with Crippen LogP contribution in [0.4, 0.5) is 5.69 Å². The molecule has 0 aromatic heterocycles. The quantitative estimate of drug-likeness (QED) is 0.615. The summed E-state index contributed by atoms with van der Waals surface area (Å²) in [4.78, 5) is 17.5. The average molecular weight is 442 g/mol. The van der Waals surface area contributed by atoms with E-state index in [-0.39, 0.29) is 29.4 Å². The Hall–Kier alpha value is -3.39. The summed E-state index contributed by atoms with van der Waals surface area (Å²) in [6, 6.07) is 10.6. The van der Waals surface area contributed by atoms with Crippen molar-refractivity contribution in [2.24, 2.45) is 4.99 Å². The van der Waals surface area contributed by atoms with Crippen molar-refractivity contribution in [3.05, 3.63) is 63.8 Å². The van der Waals surface area contributed by atoms with E-state index in [1.165, 1.54) is 20.3 Å². The van der Waals surface area contributed by atoms with Gasteiger partial charge in [-0.3, -0.25) is 0 Å². The highest BCUT2D eigenvalue weighted by molar-refractivity contribution is 8.18. The Morgan fingerprint density at radius 1 is 1.16 bits per heavy atom. The first-order valence-electron chi connectivity index (χ1n) is 9.48. The lowest BCUT2D eigenvalue weighted by Crippen LogP contribution is -2.12. The summed E-state index contributed by atoms with van der Waals surface area (Å²) < 4.78 is 15.5. The predicted molar refractivity (Wildman–Crippen MR) is 121 cm³/mol. The Morgan fingerprint density at radius 2 is 1.94 bits per heavy atom. The van der Waals surface area contributed by atoms with Crippen LogP contribution >= 0.6 is 11.8 Å². The minimum Gasteiger partial charge on any atom is -0.506 e. The fraction of sp³-hybridized carbons (Fsp3) is 0.217. The molecule has 2 aromatic rings. The summed E-state index contributed by atoms with van der Waals surface area (Å²) in [6.45, 7) is 3.80. The van der Waals surface area contributed by atoms with Gasteiger partial charge in [0, 0.05) is 0 Å². The number of phenolic OH excluding ortho intramolecular Hbond substituents is 1. The van der Waals surface area contributed by atoms with Crippen LogP contribution in [0.25, 0.3) is 6.08 Å². The van der Waals surface area contributed by atoms with E-state index in [1.54, 1.807) is 19.1 Å². The number of carbonyl (C=O) groups excluding carboxylic acids is 1. The number of aromatic hydroxyl groups is 1. The van der Waals surface area contributed by atoms with Crippen molar-refractivity contribution in [2.75, 3.05) is 20.8 Å². The molecule has 0 radical (unpaired) electrons. The summed E-state index contributed by atoms with van der Waals surface area (Å²) in [6.07, 6.45) is 1.62. The first-order valence-corrected chi connectivity index (χ1v) is 10.3. The highest BCUT2D eigenvalue weighted by atomic mass is 32.2. The highest BCUT2D eigenvalue weighted by Crippen LogP contribution is 2.42. The van der Waals surface area contributed by atoms with Gasteiger partial charge in [-0.15, -0.1) is 0 Å². The van der Waals surface area contributed by atoms with Crippen LogP contribution in [0.1, 0.15) is 18.1 Å². The van der Waals surface area contributed by atoms with Gasteiger partial charge < -0.3 is 24.4 Å². The Labute approximate surface area is 184 Å². The number of rotatable bonds is 6. The fourth-order valence-corrected chi connectivity index (χ4v) is 4.04. The topological polar surface area (TPSA) is 97.6 Å². The molecule has 2 aromatic carbocycles. The van der Waals surface area contributed by atoms with Gasteiger partial charge >= 0.3 is 5.97 Å². The Morgan fingerprint density at radius 3 is 2.58 bits per heavy atom. The van der Waals surface area contributed by atoms with Crippen molar-refractivity contribution >= 4 is 34.5 Å². The molecular weight excluding hydrogens is 418 g/mol. The summed E-state index contributed by atoms with van der Waals surface area (Å²) in [5.41, 5.74) is 2.22. The van der Waals surface area contributed by atoms with Crippen molar-refractivity contribution in [3.63, 3.8) is 0 Å². The van der Waals surface area contributed by atoms with Crippen molar-refractivity contribution in [3.8, 4) is 17.2 Å². The predicted octanol–water partition coefficient (Wildman–Crippen LogP) is 4.91. The maximum absolute atomic E-state index is 12.5. The lowest BCUT2D eigenvalue weighted by atomic mass is 10.1. The average Bonchev–Trinajstić information content (AvgIpc) is 3.02. The number of benzene rings is 2. The van der Waals surface area contributed by atoms with Gasteiger partial charge in [-0.25, -0.2) is 9.79 Å². The largest absolute Gasteiger partial charge is 0.506 e. The van der Waals surface area contributed by atoms with Gasteiger partial charge in [0.15, 0.2) is 11.5 Å².